The molecule has 0 bridgehead atoms. The number of aromatic amines is 2. The fourth-order valence-electron chi connectivity index (χ4n) is 6.02. The van der Waals surface area contributed by atoms with Crippen LogP contribution in [0.5, 0.6) is 0 Å². The highest BCUT2D eigenvalue weighted by Gasteiger charge is 2.26. The van der Waals surface area contributed by atoms with Crippen molar-refractivity contribution in [3.8, 4) is 11.1 Å². The number of methoxy groups -OCH3 is 2. The third kappa shape index (κ3) is 6.85. The first-order valence-corrected chi connectivity index (χ1v) is 16.3. The molecule has 48 heavy (non-hydrogen) atoms. The molecule has 8 nitrogen and oxygen atoms in total. The Hall–Kier alpha value is -5.32. The van der Waals surface area contributed by atoms with Crippen LogP contribution in [0.3, 0.4) is 0 Å². The first-order chi connectivity index (χ1) is 23.4. The summed E-state index contributed by atoms with van der Waals surface area (Å²) >= 11 is 11.9. The van der Waals surface area contributed by atoms with E-state index in [1.54, 1.807) is 0 Å². The average Bonchev–Trinajstić information content (AvgIpc) is 3.74. The molecule has 0 aliphatic heterocycles. The third-order valence-electron chi connectivity index (χ3n) is 8.41. The second-order valence-corrected chi connectivity index (χ2v) is 12.1. The van der Waals surface area contributed by atoms with Crippen LogP contribution in [0.4, 0.5) is 0 Å². The lowest BCUT2D eigenvalue weighted by molar-refractivity contribution is -0.143. The van der Waals surface area contributed by atoms with Crippen molar-refractivity contribution in [1.82, 2.24) is 20.6 Å². The van der Waals surface area contributed by atoms with E-state index in [2.05, 4.69) is 20.6 Å². The molecule has 0 unspecified atom stereocenters. The molecule has 0 spiro atoms. The van der Waals surface area contributed by atoms with Crippen LogP contribution in [0.1, 0.15) is 22.3 Å². The first-order valence-electron chi connectivity index (χ1n) is 15.4. The third-order valence-corrected chi connectivity index (χ3v) is 9.09. The summed E-state index contributed by atoms with van der Waals surface area (Å²) in [4.78, 5) is 33.3. The van der Waals surface area contributed by atoms with E-state index in [0.29, 0.717) is 22.8 Å². The number of aromatic nitrogens is 2. The summed E-state index contributed by atoms with van der Waals surface area (Å²) in [5, 5.41) is 8.60. The van der Waals surface area contributed by atoms with Crippen LogP contribution < -0.4 is 10.6 Å². The molecule has 6 aromatic rings. The van der Waals surface area contributed by atoms with Crippen molar-refractivity contribution < 1.29 is 19.1 Å². The highest BCUT2D eigenvalue weighted by Crippen LogP contribution is 2.29. The van der Waals surface area contributed by atoms with Gasteiger partial charge in [0.1, 0.15) is 22.1 Å². The number of esters is 2. The predicted molar refractivity (Wildman–Crippen MR) is 197 cm³/mol. The number of rotatable bonds is 11. The summed E-state index contributed by atoms with van der Waals surface area (Å²) in [6.07, 6.45) is 4.55. The highest BCUT2D eigenvalue weighted by atomic mass is 32.1. The first kappa shape index (κ1) is 32.6. The standard InChI is InChI=1S/C38H34N4O4S2/c1-45-37(43)33(19-23-21-39-31-17-9-7-11-25(23)31)41-35(47)29-15-5-3-13-27(29)28-14-4-6-16-30(28)36(48)42-34(38(44)46-2)20-24-22-40-32-18-10-8-12-26(24)32/h3-18,21-22,33-34,39-40H,19-20H2,1-2H3,(H,41,47)(H,42,48)/t33-,34-/m1/s1. The van der Waals surface area contributed by atoms with Crippen molar-refractivity contribution in [2.45, 2.75) is 24.9 Å². The molecule has 0 fully saturated rings. The Bertz CT molecular complexity index is 1980. The lowest BCUT2D eigenvalue weighted by Gasteiger charge is -2.22. The molecule has 0 saturated heterocycles. The number of carbonyl (C=O) groups is 2. The fraction of sp³-hybridized carbons (Fsp3) is 0.158. The molecule has 10 heteroatoms. The van der Waals surface area contributed by atoms with E-state index >= 15 is 0 Å². The second-order valence-electron chi connectivity index (χ2n) is 11.3. The number of fused-ring (bicyclic) bond motifs is 2. The van der Waals surface area contributed by atoms with Crippen molar-refractivity contribution in [1.29, 1.82) is 0 Å². The minimum absolute atomic E-state index is 0.370. The number of hydrogen-bond acceptors (Lipinski definition) is 6. The van der Waals surface area contributed by atoms with Gasteiger partial charge in [-0.05, 0) is 34.4 Å². The topological polar surface area (TPSA) is 108 Å². The van der Waals surface area contributed by atoms with Crippen molar-refractivity contribution in [2.24, 2.45) is 0 Å². The maximum absolute atomic E-state index is 13.0. The number of H-pyrrole nitrogens is 2. The van der Waals surface area contributed by atoms with E-state index in [1.807, 2.05) is 109 Å². The van der Waals surface area contributed by atoms with Gasteiger partial charge in [-0.25, -0.2) is 9.59 Å². The number of carbonyl (C=O) groups excluding carboxylic acids is 2. The maximum atomic E-state index is 13.0. The smallest absolute Gasteiger partial charge is 0.328 e. The Morgan fingerprint density at radius 1 is 0.604 bits per heavy atom. The molecule has 0 saturated carbocycles. The van der Waals surface area contributed by atoms with Gasteiger partial charge in [0.25, 0.3) is 0 Å². The van der Waals surface area contributed by atoms with Gasteiger partial charge in [0.05, 0.1) is 14.2 Å². The second kappa shape index (κ2) is 14.6. The van der Waals surface area contributed by atoms with Gasteiger partial charge < -0.3 is 30.1 Å². The normalized spacial score (nSPS) is 12.3. The van der Waals surface area contributed by atoms with Crippen molar-refractivity contribution >= 4 is 68.2 Å². The summed E-state index contributed by atoms with van der Waals surface area (Å²) in [6, 6.07) is 29.8. The van der Waals surface area contributed by atoms with Crippen molar-refractivity contribution in [2.75, 3.05) is 14.2 Å². The number of hydrogen-bond donors (Lipinski definition) is 4. The number of nitrogens with one attached hydrogen (secondary N) is 4. The minimum atomic E-state index is -0.724. The molecular formula is C38H34N4O4S2. The van der Waals surface area contributed by atoms with E-state index < -0.39 is 24.0 Å². The summed E-state index contributed by atoms with van der Waals surface area (Å²) in [7, 11) is 2.74. The summed E-state index contributed by atoms with van der Waals surface area (Å²) < 4.78 is 10.3. The van der Waals surface area contributed by atoms with Gasteiger partial charge in [-0.2, -0.15) is 0 Å². The largest absolute Gasteiger partial charge is 0.467 e. The molecule has 0 aliphatic rings. The van der Waals surface area contributed by atoms with E-state index in [4.69, 9.17) is 33.9 Å². The van der Waals surface area contributed by atoms with Gasteiger partial charge in [-0.1, -0.05) is 109 Å². The Morgan fingerprint density at radius 2 is 0.979 bits per heavy atom. The molecule has 4 N–H and O–H groups in total. The average molecular weight is 675 g/mol. The predicted octanol–water partition coefficient (Wildman–Crippen LogP) is 6.42. The Labute approximate surface area is 288 Å². The van der Waals surface area contributed by atoms with Gasteiger partial charge in [0.2, 0.25) is 0 Å². The number of thiocarbonyl (C=S) groups is 2. The summed E-state index contributed by atoms with van der Waals surface area (Å²) in [6.45, 7) is 0. The number of para-hydroxylation sites is 2. The van der Waals surface area contributed by atoms with Crippen LogP contribution in [0.25, 0.3) is 32.9 Å². The number of ether oxygens (including phenoxy) is 2. The van der Waals surface area contributed by atoms with Gasteiger partial charge >= 0.3 is 11.9 Å². The van der Waals surface area contributed by atoms with E-state index in [9.17, 15) is 9.59 Å². The lowest BCUT2D eigenvalue weighted by Crippen LogP contribution is -2.43. The molecular weight excluding hydrogens is 641 g/mol. The molecule has 242 valence electrons. The van der Waals surface area contributed by atoms with E-state index in [1.165, 1.54) is 14.2 Å². The van der Waals surface area contributed by atoms with E-state index in [-0.39, 0.29) is 0 Å². The molecule has 0 aliphatic carbocycles. The lowest BCUT2D eigenvalue weighted by atomic mass is 9.94. The van der Waals surface area contributed by atoms with Crippen molar-refractivity contribution in [3.05, 3.63) is 132 Å². The van der Waals surface area contributed by atoms with Crippen LogP contribution >= 0.6 is 24.4 Å². The van der Waals surface area contributed by atoms with Crippen LogP contribution in [0.2, 0.25) is 0 Å². The molecule has 2 atom stereocenters. The van der Waals surface area contributed by atoms with E-state index in [0.717, 1.165) is 55.2 Å². The quantitative estimate of drug-likeness (QED) is 0.0923. The highest BCUT2D eigenvalue weighted by molar-refractivity contribution is 7.81. The Balaban J connectivity index is 1.27. The maximum Gasteiger partial charge on any atom is 0.328 e. The minimum Gasteiger partial charge on any atom is -0.467 e. The molecule has 6 rings (SSSR count). The van der Waals surface area contributed by atoms with Gasteiger partial charge in [0, 0.05) is 58.2 Å². The van der Waals surface area contributed by atoms with Crippen molar-refractivity contribution in [3.63, 3.8) is 0 Å². The molecule has 4 aromatic carbocycles. The SMILES string of the molecule is COC(=O)[C@@H](Cc1c[nH]c2ccccc12)NC(=S)c1ccccc1-c1ccccc1C(=S)N[C@H](Cc1c[nH]c2ccccc12)C(=O)OC. The summed E-state index contributed by atoms with van der Waals surface area (Å²) in [5.41, 5.74) is 6.99. The Morgan fingerprint density at radius 3 is 1.40 bits per heavy atom. The van der Waals surface area contributed by atoms with Crippen LogP contribution in [0.15, 0.2) is 109 Å². The zero-order chi connectivity index (χ0) is 33.6. The molecule has 2 aromatic heterocycles. The summed E-state index contributed by atoms with van der Waals surface area (Å²) in [5.74, 6) is -0.843. The molecule has 0 radical (unpaired) electrons. The fourth-order valence-corrected chi connectivity index (χ4v) is 6.66. The van der Waals surface area contributed by atoms with Gasteiger partial charge in [-0.15, -0.1) is 0 Å². The van der Waals surface area contributed by atoms with Crippen LogP contribution in [0, 0.1) is 0 Å². The molecule has 0 amide bonds. The van der Waals surface area contributed by atoms with Gasteiger partial charge in [0.15, 0.2) is 0 Å². The zero-order valence-corrected chi connectivity index (χ0v) is 28.0. The molecule has 2 heterocycles. The van der Waals surface area contributed by atoms with Crippen LogP contribution in [-0.2, 0) is 31.9 Å². The Kier molecular flexibility index (Phi) is 9.94. The monoisotopic (exact) mass is 674 g/mol. The number of benzene rings is 4. The van der Waals surface area contributed by atoms with Crippen LogP contribution in [-0.4, -0.2) is 58.2 Å². The van der Waals surface area contributed by atoms with Gasteiger partial charge in [-0.3, -0.25) is 0 Å². The zero-order valence-electron chi connectivity index (χ0n) is 26.4.